The summed E-state index contributed by atoms with van der Waals surface area (Å²) < 4.78 is 5.73. The van der Waals surface area contributed by atoms with E-state index < -0.39 is 0 Å². The molecule has 3 heterocycles. The Balaban J connectivity index is 1.25. The lowest BCUT2D eigenvalue weighted by Crippen LogP contribution is -2.50. The number of anilines is 1. The molecule has 2 aliphatic heterocycles. The van der Waals surface area contributed by atoms with Crippen LogP contribution in [-0.2, 0) is 9.53 Å². The van der Waals surface area contributed by atoms with E-state index >= 15 is 0 Å². The average Bonchev–Trinajstić information content (AvgIpc) is 3.35. The zero-order valence-corrected chi connectivity index (χ0v) is 17.2. The summed E-state index contributed by atoms with van der Waals surface area (Å²) in [5, 5.41) is 6.13. The Morgan fingerprint density at radius 1 is 1.29 bits per heavy atom. The van der Waals surface area contributed by atoms with Crippen molar-refractivity contribution >= 4 is 22.9 Å². The molecule has 1 unspecified atom stereocenters. The van der Waals surface area contributed by atoms with Gasteiger partial charge < -0.3 is 10.1 Å². The summed E-state index contributed by atoms with van der Waals surface area (Å²) in [6, 6.07) is 7.91. The van der Waals surface area contributed by atoms with Gasteiger partial charge in [0.25, 0.3) is 0 Å². The first-order valence-electron chi connectivity index (χ1n) is 10.0. The summed E-state index contributed by atoms with van der Waals surface area (Å²) in [5.74, 6) is 0.0409. The summed E-state index contributed by atoms with van der Waals surface area (Å²) in [4.78, 5) is 21.7. The van der Waals surface area contributed by atoms with Crippen LogP contribution in [0.25, 0.3) is 11.3 Å². The highest BCUT2D eigenvalue weighted by Gasteiger charge is 2.23. The van der Waals surface area contributed by atoms with Gasteiger partial charge in [-0.15, -0.1) is 11.3 Å². The molecular weight excluding hydrogens is 372 g/mol. The Hall–Kier alpha value is -1.80. The van der Waals surface area contributed by atoms with Crippen molar-refractivity contribution in [3.8, 4) is 11.3 Å². The van der Waals surface area contributed by atoms with E-state index in [1.807, 2.05) is 36.6 Å². The van der Waals surface area contributed by atoms with Crippen LogP contribution >= 0.6 is 11.3 Å². The van der Waals surface area contributed by atoms with E-state index in [0.717, 1.165) is 61.3 Å². The maximum absolute atomic E-state index is 12.5. The van der Waals surface area contributed by atoms with Gasteiger partial charge in [-0.05, 0) is 31.9 Å². The van der Waals surface area contributed by atoms with Crippen molar-refractivity contribution in [2.75, 3.05) is 51.2 Å². The van der Waals surface area contributed by atoms with Crippen LogP contribution in [0.4, 0.5) is 5.69 Å². The highest BCUT2D eigenvalue weighted by atomic mass is 32.1. The van der Waals surface area contributed by atoms with Gasteiger partial charge in [-0.1, -0.05) is 12.1 Å². The number of amides is 1. The molecule has 1 amide bonds. The molecule has 0 aliphatic carbocycles. The van der Waals surface area contributed by atoms with E-state index in [4.69, 9.17) is 4.74 Å². The Bertz CT molecular complexity index is 795. The first kappa shape index (κ1) is 19.5. The molecule has 2 aromatic rings. The van der Waals surface area contributed by atoms with Crippen LogP contribution < -0.4 is 5.32 Å². The Morgan fingerprint density at radius 2 is 2.11 bits per heavy atom. The number of carbonyl (C=O) groups is 1. The van der Waals surface area contributed by atoms with Gasteiger partial charge in [0.05, 0.1) is 23.4 Å². The average molecular weight is 401 g/mol. The number of hydrogen-bond donors (Lipinski definition) is 1. The number of benzene rings is 1. The van der Waals surface area contributed by atoms with Crippen molar-refractivity contribution in [3.63, 3.8) is 0 Å². The minimum Gasteiger partial charge on any atom is -0.377 e. The Kier molecular flexibility index (Phi) is 6.36. The first-order valence-corrected chi connectivity index (χ1v) is 10.9. The third-order valence-corrected chi connectivity index (χ3v) is 6.15. The van der Waals surface area contributed by atoms with Gasteiger partial charge in [0.2, 0.25) is 5.91 Å². The van der Waals surface area contributed by atoms with Gasteiger partial charge in [0, 0.05) is 56.0 Å². The highest BCUT2D eigenvalue weighted by molar-refractivity contribution is 7.09. The van der Waals surface area contributed by atoms with Crippen molar-refractivity contribution in [2.24, 2.45) is 0 Å². The van der Waals surface area contributed by atoms with Crippen molar-refractivity contribution in [3.05, 3.63) is 34.7 Å². The lowest BCUT2D eigenvalue weighted by Gasteiger charge is -2.35. The lowest BCUT2D eigenvalue weighted by atomic mass is 10.1. The molecule has 6 nitrogen and oxygen atoms in total. The van der Waals surface area contributed by atoms with Gasteiger partial charge in [-0.2, -0.15) is 0 Å². The molecule has 28 heavy (non-hydrogen) atoms. The Morgan fingerprint density at radius 3 is 2.82 bits per heavy atom. The number of ether oxygens (including phenoxy) is 1. The summed E-state index contributed by atoms with van der Waals surface area (Å²) >= 11 is 1.64. The van der Waals surface area contributed by atoms with Crippen LogP contribution in [0.2, 0.25) is 0 Å². The van der Waals surface area contributed by atoms with Gasteiger partial charge in [0.15, 0.2) is 0 Å². The molecule has 0 radical (unpaired) electrons. The maximum Gasteiger partial charge on any atom is 0.238 e. The number of aromatic nitrogens is 1. The number of thiazole rings is 1. The topological polar surface area (TPSA) is 57.7 Å². The van der Waals surface area contributed by atoms with Crippen molar-refractivity contribution in [1.82, 2.24) is 14.8 Å². The van der Waals surface area contributed by atoms with E-state index in [1.54, 1.807) is 11.3 Å². The molecule has 0 spiro atoms. The number of aryl methyl sites for hydroxylation is 1. The van der Waals surface area contributed by atoms with E-state index in [0.29, 0.717) is 12.6 Å². The maximum atomic E-state index is 12.5. The number of nitrogens with zero attached hydrogens (tertiary/aromatic N) is 3. The van der Waals surface area contributed by atoms with Gasteiger partial charge in [0.1, 0.15) is 0 Å². The largest absolute Gasteiger partial charge is 0.377 e. The predicted molar refractivity (Wildman–Crippen MR) is 113 cm³/mol. The fourth-order valence-corrected chi connectivity index (χ4v) is 4.48. The van der Waals surface area contributed by atoms with Crippen molar-refractivity contribution in [2.45, 2.75) is 25.9 Å². The van der Waals surface area contributed by atoms with Crippen molar-refractivity contribution < 1.29 is 9.53 Å². The number of carbonyl (C=O) groups excluding carboxylic acids is 1. The zero-order chi connectivity index (χ0) is 19.3. The lowest BCUT2D eigenvalue weighted by molar-refractivity contribution is -0.117. The fourth-order valence-electron chi connectivity index (χ4n) is 3.86. The number of hydrogen-bond acceptors (Lipinski definition) is 6. The number of nitrogens with one attached hydrogen (secondary N) is 1. The molecule has 1 aromatic heterocycles. The second-order valence-electron chi connectivity index (χ2n) is 7.59. The third kappa shape index (κ3) is 5.17. The van der Waals surface area contributed by atoms with Crippen LogP contribution in [0.5, 0.6) is 0 Å². The zero-order valence-electron chi connectivity index (χ0n) is 16.4. The van der Waals surface area contributed by atoms with Gasteiger partial charge in [-0.25, -0.2) is 4.98 Å². The molecule has 2 saturated heterocycles. The second kappa shape index (κ2) is 9.13. The molecule has 2 aliphatic rings. The van der Waals surface area contributed by atoms with Crippen LogP contribution in [0.15, 0.2) is 29.6 Å². The summed E-state index contributed by atoms with van der Waals surface area (Å²) in [5.41, 5.74) is 2.82. The Labute approximate surface area is 170 Å². The second-order valence-corrected chi connectivity index (χ2v) is 8.65. The van der Waals surface area contributed by atoms with E-state index in [2.05, 4.69) is 20.1 Å². The molecule has 0 bridgehead atoms. The molecule has 4 rings (SSSR count). The highest BCUT2D eigenvalue weighted by Crippen LogP contribution is 2.24. The first-order chi connectivity index (χ1) is 13.7. The molecule has 150 valence electrons. The minimum absolute atomic E-state index is 0.0409. The fraction of sp³-hybridized carbons (Fsp3) is 0.524. The van der Waals surface area contributed by atoms with Crippen molar-refractivity contribution in [1.29, 1.82) is 0 Å². The molecule has 7 heteroatoms. The molecule has 2 fully saturated rings. The van der Waals surface area contributed by atoms with Gasteiger partial charge >= 0.3 is 0 Å². The summed E-state index contributed by atoms with van der Waals surface area (Å²) in [7, 11) is 0. The van der Waals surface area contributed by atoms with E-state index in [-0.39, 0.29) is 5.91 Å². The van der Waals surface area contributed by atoms with Crippen LogP contribution in [-0.4, -0.2) is 72.7 Å². The quantitative estimate of drug-likeness (QED) is 0.808. The van der Waals surface area contributed by atoms with E-state index in [1.165, 1.54) is 12.8 Å². The summed E-state index contributed by atoms with van der Waals surface area (Å²) in [6.45, 7) is 8.25. The van der Waals surface area contributed by atoms with Gasteiger partial charge in [-0.3, -0.25) is 14.6 Å². The minimum atomic E-state index is 0.0409. The van der Waals surface area contributed by atoms with Crippen LogP contribution in [0.1, 0.15) is 17.8 Å². The normalized spacial score (nSPS) is 21.1. The SMILES string of the molecule is Cc1nc(-c2cccc(NC(=O)CN3CCN(CC4CCCO4)CC3)c2)cs1. The third-order valence-electron chi connectivity index (χ3n) is 5.38. The number of rotatable bonds is 6. The smallest absolute Gasteiger partial charge is 0.238 e. The van der Waals surface area contributed by atoms with Crippen LogP contribution in [0, 0.1) is 6.92 Å². The predicted octanol–water partition coefficient (Wildman–Crippen LogP) is 2.85. The standard InChI is InChI=1S/C21H28N4O2S/c1-16-22-20(15-28-16)17-4-2-5-18(12-17)23-21(26)14-25-9-7-24(8-10-25)13-19-6-3-11-27-19/h2,4-5,12,15,19H,3,6-11,13-14H2,1H3,(H,23,26). The molecule has 1 atom stereocenters. The van der Waals surface area contributed by atoms with Crippen LogP contribution in [0.3, 0.4) is 0 Å². The molecule has 1 N–H and O–H groups in total. The number of piperazine rings is 1. The van der Waals surface area contributed by atoms with E-state index in [9.17, 15) is 4.79 Å². The molecule has 1 aromatic carbocycles. The monoisotopic (exact) mass is 400 g/mol. The molecule has 0 saturated carbocycles. The summed E-state index contributed by atoms with van der Waals surface area (Å²) in [6.07, 6.45) is 2.78. The molecular formula is C21H28N4O2S.